The predicted molar refractivity (Wildman–Crippen MR) is 111 cm³/mol. The molecule has 0 atom stereocenters. The number of aryl methyl sites for hydroxylation is 1. The summed E-state index contributed by atoms with van der Waals surface area (Å²) in [6, 6.07) is 4.48. The average Bonchev–Trinajstić information content (AvgIpc) is 3.45. The summed E-state index contributed by atoms with van der Waals surface area (Å²) >= 11 is 3.21. The summed E-state index contributed by atoms with van der Waals surface area (Å²) in [5.74, 6) is -0.978. The number of pyridine rings is 2. The largest absolute Gasteiger partial charge is 0.434 e. The zero-order valence-electron chi connectivity index (χ0n) is 16.5. The van der Waals surface area contributed by atoms with Gasteiger partial charge in [0.1, 0.15) is 11.6 Å². The minimum Gasteiger partial charge on any atom is -0.320 e. The maximum atomic E-state index is 13.9. The number of amides is 1. The summed E-state index contributed by atoms with van der Waals surface area (Å²) in [6.45, 7) is 1.61. The maximum Gasteiger partial charge on any atom is 0.434 e. The third-order valence-electron chi connectivity index (χ3n) is 4.41. The zero-order chi connectivity index (χ0) is 23.8. The van der Waals surface area contributed by atoms with Crippen molar-refractivity contribution in [1.82, 2.24) is 34.7 Å². The number of aromatic nitrogens is 7. The van der Waals surface area contributed by atoms with E-state index in [9.17, 15) is 23.2 Å². The molecular weight excluding hydrogens is 507 g/mol. The van der Waals surface area contributed by atoms with Gasteiger partial charge in [-0.2, -0.15) is 33.7 Å². The number of halogens is 4. The van der Waals surface area contributed by atoms with E-state index in [4.69, 9.17) is 0 Å². The van der Waals surface area contributed by atoms with E-state index in [1.54, 1.807) is 6.92 Å². The SMILES string of the molecule is Cc1nccc(-n2ncc(C(=O)Nc3cnc(-n4nccn4)c(C#N)c3)c2C(F)(F)F)c1Br. The summed E-state index contributed by atoms with van der Waals surface area (Å²) in [4.78, 5) is 21.9. The van der Waals surface area contributed by atoms with Crippen molar-refractivity contribution in [3.63, 3.8) is 0 Å². The first kappa shape index (κ1) is 22.1. The molecule has 0 spiro atoms. The molecular formula is C19H11BrF3N9O. The van der Waals surface area contributed by atoms with E-state index >= 15 is 0 Å². The van der Waals surface area contributed by atoms with Crippen molar-refractivity contribution < 1.29 is 18.0 Å². The summed E-state index contributed by atoms with van der Waals surface area (Å²) in [6.07, 6.45) is 1.21. The maximum absolute atomic E-state index is 13.9. The molecule has 0 aliphatic rings. The van der Waals surface area contributed by atoms with Gasteiger partial charge in [0.15, 0.2) is 11.5 Å². The van der Waals surface area contributed by atoms with Gasteiger partial charge in [0, 0.05) is 6.20 Å². The molecule has 0 bridgehead atoms. The molecule has 0 fully saturated rings. The lowest BCUT2D eigenvalue weighted by Crippen LogP contribution is -2.21. The van der Waals surface area contributed by atoms with Crippen LogP contribution in [0.15, 0.2) is 47.6 Å². The molecule has 1 amide bonds. The summed E-state index contributed by atoms with van der Waals surface area (Å²) in [5, 5.41) is 23.3. The number of alkyl halides is 3. The van der Waals surface area contributed by atoms with Gasteiger partial charge in [-0.25, -0.2) is 9.67 Å². The van der Waals surface area contributed by atoms with Crippen LogP contribution < -0.4 is 5.32 Å². The lowest BCUT2D eigenvalue weighted by molar-refractivity contribution is -0.143. The van der Waals surface area contributed by atoms with Crippen LogP contribution in [0.5, 0.6) is 0 Å². The first-order valence-corrected chi connectivity index (χ1v) is 9.85. The quantitative estimate of drug-likeness (QED) is 0.439. The standard InChI is InChI=1S/C19H11BrF3N9O/c1-10-15(20)14(2-3-25-10)31-16(19(21,22)23)13(9-29-31)18(33)30-12-6-11(7-24)17(26-8-12)32-27-4-5-28-32/h2-6,8-9H,1H3,(H,30,33). The number of hydrogen-bond donors (Lipinski definition) is 1. The first-order chi connectivity index (χ1) is 15.7. The third kappa shape index (κ3) is 4.17. The molecule has 33 heavy (non-hydrogen) atoms. The van der Waals surface area contributed by atoms with E-state index in [1.165, 1.54) is 36.9 Å². The Labute approximate surface area is 191 Å². The minimum atomic E-state index is -4.90. The zero-order valence-corrected chi connectivity index (χ0v) is 18.1. The van der Waals surface area contributed by atoms with Crippen LogP contribution >= 0.6 is 15.9 Å². The van der Waals surface area contributed by atoms with Crippen molar-refractivity contribution in [2.75, 3.05) is 5.32 Å². The number of nitriles is 1. The van der Waals surface area contributed by atoms with Crippen LogP contribution in [0.2, 0.25) is 0 Å². The van der Waals surface area contributed by atoms with E-state index in [-0.39, 0.29) is 22.8 Å². The lowest BCUT2D eigenvalue weighted by Gasteiger charge is -2.14. The Balaban J connectivity index is 1.72. The van der Waals surface area contributed by atoms with Gasteiger partial charge >= 0.3 is 6.18 Å². The summed E-state index contributed by atoms with van der Waals surface area (Å²) in [7, 11) is 0. The van der Waals surface area contributed by atoms with E-state index in [0.717, 1.165) is 11.0 Å². The Kier molecular flexibility index (Phi) is 5.64. The van der Waals surface area contributed by atoms with Crippen LogP contribution in [0.25, 0.3) is 11.5 Å². The van der Waals surface area contributed by atoms with Crippen LogP contribution in [0.1, 0.15) is 27.3 Å². The number of nitrogens with zero attached hydrogens (tertiary/aromatic N) is 8. The second kappa shape index (κ2) is 8.43. The molecule has 0 unspecified atom stereocenters. The number of anilines is 1. The average molecular weight is 518 g/mol. The van der Waals surface area contributed by atoms with Crippen molar-refractivity contribution in [3.8, 4) is 17.6 Å². The fourth-order valence-electron chi connectivity index (χ4n) is 2.96. The van der Waals surface area contributed by atoms with Crippen molar-refractivity contribution >= 4 is 27.5 Å². The van der Waals surface area contributed by atoms with Crippen LogP contribution in [0.4, 0.5) is 18.9 Å². The lowest BCUT2D eigenvalue weighted by atomic mass is 10.2. The molecule has 4 aromatic rings. The van der Waals surface area contributed by atoms with E-state index in [0.29, 0.717) is 14.8 Å². The Hall–Kier alpha value is -4.12. The molecule has 0 saturated carbocycles. The van der Waals surface area contributed by atoms with Crippen molar-refractivity contribution in [2.24, 2.45) is 0 Å². The Bertz CT molecular complexity index is 1390. The molecule has 1 N–H and O–H groups in total. The van der Waals surface area contributed by atoms with E-state index in [2.05, 4.69) is 46.5 Å². The van der Waals surface area contributed by atoms with Gasteiger partial charge in [-0.15, -0.1) is 4.80 Å². The van der Waals surface area contributed by atoms with Crippen molar-refractivity contribution in [3.05, 3.63) is 70.1 Å². The van der Waals surface area contributed by atoms with Crippen LogP contribution in [0, 0.1) is 18.3 Å². The molecule has 4 rings (SSSR count). The monoisotopic (exact) mass is 517 g/mol. The molecule has 14 heteroatoms. The normalized spacial score (nSPS) is 11.3. The van der Waals surface area contributed by atoms with Crippen molar-refractivity contribution in [2.45, 2.75) is 13.1 Å². The number of hydrogen-bond acceptors (Lipinski definition) is 7. The first-order valence-electron chi connectivity index (χ1n) is 9.05. The number of carbonyl (C=O) groups excluding carboxylic acids is 1. The molecule has 166 valence electrons. The Morgan fingerprint density at radius 2 is 1.88 bits per heavy atom. The molecule has 0 saturated heterocycles. The fourth-order valence-corrected chi connectivity index (χ4v) is 3.36. The minimum absolute atomic E-state index is 0.00642. The Morgan fingerprint density at radius 1 is 1.15 bits per heavy atom. The van der Waals surface area contributed by atoms with Crippen LogP contribution in [0.3, 0.4) is 0 Å². The predicted octanol–water partition coefficient (Wildman–Crippen LogP) is 3.46. The highest BCUT2D eigenvalue weighted by Crippen LogP contribution is 2.36. The molecule has 0 aliphatic carbocycles. The second-order valence-corrected chi connectivity index (χ2v) is 7.32. The van der Waals surface area contributed by atoms with Gasteiger partial charge in [0.2, 0.25) is 0 Å². The van der Waals surface area contributed by atoms with Gasteiger partial charge in [0.25, 0.3) is 5.91 Å². The van der Waals surface area contributed by atoms with Gasteiger partial charge in [-0.3, -0.25) is 9.78 Å². The highest BCUT2D eigenvalue weighted by atomic mass is 79.9. The van der Waals surface area contributed by atoms with E-state index in [1.807, 2.05) is 6.07 Å². The number of nitrogens with one attached hydrogen (secondary N) is 1. The summed E-state index contributed by atoms with van der Waals surface area (Å²) < 4.78 is 42.8. The molecule has 10 nitrogen and oxygen atoms in total. The van der Waals surface area contributed by atoms with Crippen molar-refractivity contribution in [1.29, 1.82) is 5.26 Å². The summed E-state index contributed by atoms with van der Waals surface area (Å²) in [5.41, 5.74) is -1.44. The molecule has 4 aromatic heterocycles. The Morgan fingerprint density at radius 3 is 2.55 bits per heavy atom. The number of rotatable bonds is 4. The van der Waals surface area contributed by atoms with Crippen LogP contribution in [-0.2, 0) is 6.18 Å². The fraction of sp³-hybridized carbons (Fsp3) is 0.105. The molecule has 0 aromatic carbocycles. The van der Waals surface area contributed by atoms with Gasteiger partial charge < -0.3 is 5.32 Å². The van der Waals surface area contributed by atoms with Gasteiger partial charge in [0.05, 0.1) is 51.9 Å². The van der Waals surface area contributed by atoms with Crippen LogP contribution in [-0.4, -0.2) is 40.6 Å². The molecule has 4 heterocycles. The topological polar surface area (TPSA) is 127 Å². The number of carbonyl (C=O) groups is 1. The van der Waals surface area contributed by atoms with Gasteiger partial charge in [-0.1, -0.05) is 0 Å². The smallest absolute Gasteiger partial charge is 0.320 e. The van der Waals surface area contributed by atoms with Gasteiger partial charge in [-0.05, 0) is 35.0 Å². The molecule has 0 aliphatic heterocycles. The third-order valence-corrected chi connectivity index (χ3v) is 5.39. The second-order valence-electron chi connectivity index (χ2n) is 6.53. The highest BCUT2D eigenvalue weighted by molar-refractivity contribution is 9.10. The molecule has 0 radical (unpaired) electrons. The van der Waals surface area contributed by atoms with E-state index < -0.39 is 23.3 Å². The highest BCUT2D eigenvalue weighted by Gasteiger charge is 2.41.